The quantitative estimate of drug-likeness (QED) is 0.602. The van der Waals surface area contributed by atoms with Crippen molar-refractivity contribution in [1.29, 1.82) is 0 Å². The lowest BCUT2D eigenvalue weighted by atomic mass is 10.3. The van der Waals surface area contributed by atoms with E-state index < -0.39 is 0 Å². The van der Waals surface area contributed by atoms with Gasteiger partial charge >= 0.3 is 0 Å². The Hall–Kier alpha value is -0.460. The lowest BCUT2D eigenvalue weighted by Crippen LogP contribution is -2.15. The van der Waals surface area contributed by atoms with Gasteiger partial charge in [-0.1, -0.05) is 6.58 Å². The molecular weight excluding hydrogens is 110 g/mol. The van der Waals surface area contributed by atoms with Crippen LogP contribution in [-0.2, 0) is 0 Å². The molecule has 0 radical (unpaired) electrons. The minimum atomic E-state index is 0.804. The molecule has 2 fully saturated rings. The van der Waals surface area contributed by atoms with Crippen LogP contribution < -0.4 is 5.32 Å². The van der Waals surface area contributed by atoms with Crippen molar-refractivity contribution in [3.63, 3.8) is 0 Å². The van der Waals surface area contributed by atoms with Crippen LogP contribution in [-0.4, -0.2) is 6.04 Å². The average molecular weight is 123 g/mol. The molecule has 0 saturated heterocycles. The number of rotatable bonds is 3. The molecule has 1 N–H and O–H groups in total. The third kappa shape index (κ3) is 1.26. The maximum Gasteiger partial charge on any atom is 0.0259 e. The average Bonchev–Trinajstić information content (AvgIpc) is 2.62. The van der Waals surface area contributed by atoms with Crippen molar-refractivity contribution in [1.82, 2.24) is 5.32 Å². The van der Waals surface area contributed by atoms with Gasteiger partial charge in [-0.2, -0.15) is 0 Å². The van der Waals surface area contributed by atoms with E-state index in [0.717, 1.165) is 12.0 Å². The molecule has 2 aliphatic carbocycles. The van der Waals surface area contributed by atoms with Crippen LogP contribution in [0.1, 0.15) is 25.7 Å². The molecule has 0 spiro atoms. The van der Waals surface area contributed by atoms with Gasteiger partial charge in [-0.15, -0.1) is 0 Å². The third-order valence-corrected chi connectivity index (χ3v) is 2.04. The third-order valence-electron chi connectivity index (χ3n) is 2.04. The maximum absolute atomic E-state index is 3.99. The monoisotopic (exact) mass is 123 g/mol. The largest absolute Gasteiger partial charge is 0.386 e. The summed E-state index contributed by atoms with van der Waals surface area (Å²) in [5.41, 5.74) is 1.30. The Kier molecular flexibility index (Phi) is 1.04. The van der Waals surface area contributed by atoms with E-state index in [4.69, 9.17) is 0 Å². The number of allylic oxidation sites excluding steroid dienone is 1. The summed E-state index contributed by atoms with van der Waals surface area (Å²) in [5, 5.41) is 3.42. The molecule has 0 unspecified atom stereocenters. The van der Waals surface area contributed by atoms with E-state index in [0.29, 0.717) is 0 Å². The second-order valence-corrected chi connectivity index (χ2v) is 3.22. The van der Waals surface area contributed by atoms with Crippen molar-refractivity contribution in [3.05, 3.63) is 12.3 Å². The molecule has 2 aliphatic rings. The van der Waals surface area contributed by atoms with Crippen molar-refractivity contribution in [2.24, 2.45) is 5.92 Å². The predicted molar refractivity (Wildman–Crippen MR) is 38.0 cm³/mol. The Labute approximate surface area is 56.1 Å². The zero-order valence-corrected chi connectivity index (χ0v) is 5.69. The van der Waals surface area contributed by atoms with Gasteiger partial charge in [0, 0.05) is 11.7 Å². The summed E-state index contributed by atoms with van der Waals surface area (Å²) in [6.45, 7) is 3.99. The second kappa shape index (κ2) is 1.76. The molecule has 0 heterocycles. The standard InChI is InChI=1S/C8H13N/c1-6(7-2-3-7)9-8-4-5-8/h7-9H,1-5H2. The van der Waals surface area contributed by atoms with E-state index in [2.05, 4.69) is 11.9 Å². The highest BCUT2D eigenvalue weighted by atomic mass is 15.0. The second-order valence-electron chi connectivity index (χ2n) is 3.22. The summed E-state index contributed by atoms with van der Waals surface area (Å²) in [7, 11) is 0. The van der Waals surface area contributed by atoms with Crippen LogP contribution in [0.2, 0.25) is 0 Å². The van der Waals surface area contributed by atoms with Gasteiger partial charge in [0.2, 0.25) is 0 Å². The molecule has 0 aromatic rings. The number of nitrogens with one attached hydrogen (secondary N) is 1. The van der Waals surface area contributed by atoms with Crippen molar-refractivity contribution in [2.75, 3.05) is 0 Å². The van der Waals surface area contributed by atoms with Gasteiger partial charge < -0.3 is 5.32 Å². The van der Waals surface area contributed by atoms with Gasteiger partial charge in [-0.05, 0) is 31.6 Å². The van der Waals surface area contributed by atoms with Gasteiger partial charge in [0.1, 0.15) is 0 Å². The molecule has 0 amide bonds. The Morgan fingerprint density at radius 2 is 1.89 bits per heavy atom. The van der Waals surface area contributed by atoms with Crippen LogP contribution in [0.15, 0.2) is 12.3 Å². The van der Waals surface area contributed by atoms with Crippen molar-refractivity contribution < 1.29 is 0 Å². The molecule has 50 valence electrons. The first-order valence-electron chi connectivity index (χ1n) is 3.81. The normalized spacial score (nSPS) is 25.8. The predicted octanol–water partition coefficient (Wildman–Crippen LogP) is 1.66. The zero-order chi connectivity index (χ0) is 6.27. The Bertz CT molecular complexity index is 132. The lowest BCUT2D eigenvalue weighted by Gasteiger charge is -2.04. The molecule has 9 heavy (non-hydrogen) atoms. The first-order valence-corrected chi connectivity index (χ1v) is 3.81. The van der Waals surface area contributed by atoms with Gasteiger partial charge in [-0.25, -0.2) is 0 Å². The van der Waals surface area contributed by atoms with Crippen molar-refractivity contribution in [2.45, 2.75) is 31.7 Å². The molecule has 0 aromatic carbocycles. The SMILES string of the molecule is C=C(NC1CC1)C1CC1. The topological polar surface area (TPSA) is 12.0 Å². The maximum atomic E-state index is 3.99. The van der Waals surface area contributed by atoms with E-state index in [1.807, 2.05) is 0 Å². The number of hydrogen-bond acceptors (Lipinski definition) is 1. The molecule has 0 bridgehead atoms. The molecule has 2 saturated carbocycles. The van der Waals surface area contributed by atoms with Gasteiger partial charge in [0.05, 0.1) is 0 Å². The molecule has 0 aromatic heterocycles. The highest BCUT2D eigenvalue weighted by molar-refractivity contribution is 5.08. The van der Waals surface area contributed by atoms with Crippen LogP contribution in [0.3, 0.4) is 0 Å². The van der Waals surface area contributed by atoms with E-state index in [1.54, 1.807) is 0 Å². The molecule has 2 rings (SSSR count). The van der Waals surface area contributed by atoms with E-state index in [9.17, 15) is 0 Å². The molecular formula is C8H13N. The molecule has 1 nitrogen and oxygen atoms in total. The van der Waals surface area contributed by atoms with Crippen LogP contribution >= 0.6 is 0 Å². The summed E-state index contributed by atoms with van der Waals surface area (Å²) in [6.07, 6.45) is 5.48. The first-order chi connectivity index (χ1) is 4.36. The van der Waals surface area contributed by atoms with E-state index in [-0.39, 0.29) is 0 Å². The summed E-state index contributed by atoms with van der Waals surface area (Å²) >= 11 is 0. The Morgan fingerprint density at radius 3 is 2.33 bits per heavy atom. The lowest BCUT2D eigenvalue weighted by molar-refractivity contribution is 0.742. The summed E-state index contributed by atoms with van der Waals surface area (Å²) in [6, 6.07) is 0.804. The van der Waals surface area contributed by atoms with E-state index in [1.165, 1.54) is 31.4 Å². The minimum Gasteiger partial charge on any atom is -0.386 e. The van der Waals surface area contributed by atoms with Gasteiger partial charge in [0.15, 0.2) is 0 Å². The van der Waals surface area contributed by atoms with Crippen molar-refractivity contribution >= 4 is 0 Å². The fraction of sp³-hybridized carbons (Fsp3) is 0.750. The van der Waals surface area contributed by atoms with Crippen LogP contribution in [0.25, 0.3) is 0 Å². The van der Waals surface area contributed by atoms with Crippen molar-refractivity contribution in [3.8, 4) is 0 Å². The smallest absolute Gasteiger partial charge is 0.0259 e. The summed E-state index contributed by atoms with van der Waals surface area (Å²) < 4.78 is 0. The minimum absolute atomic E-state index is 0.804. The number of hydrogen-bond donors (Lipinski definition) is 1. The molecule has 0 aliphatic heterocycles. The van der Waals surface area contributed by atoms with Gasteiger partial charge in [-0.3, -0.25) is 0 Å². The van der Waals surface area contributed by atoms with Crippen LogP contribution in [0.4, 0.5) is 0 Å². The van der Waals surface area contributed by atoms with Crippen LogP contribution in [0, 0.1) is 5.92 Å². The Balaban J connectivity index is 1.75. The molecule has 0 atom stereocenters. The Morgan fingerprint density at radius 1 is 1.22 bits per heavy atom. The zero-order valence-electron chi connectivity index (χ0n) is 5.69. The fourth-order valence-corrected chi connectivity index (χ4v) is 1.04. The van der Waals surface area contributed by atoms with E-state index >= 15 is 0 Å². The fourth-order valence-electron chi connectivity index (χ4n) is 1.04. The highest BCUT2D eigenvalue weighted by Crippen LogP contribution is 2.35. The van der Waals surface area contributed by atoms with Crippen LogP contribution in [0.5, 0.6) is 0 Å². The summed E-state index contributed by atoms with van der Waals surface area (Å²) in [4.78, 5) is 0. The summed E-state index contributed by atoms with van der Waals surface area (Å²) in [5.74, 6) is 0.839. The molecule has 1 heteroatoms. The highest BCUT2D eigenvalue weighted by Gasteiger charge is 2.29. The van der Waals surface area contributed by atoms with Gasteiger partial charge in [0.25, 0.3) is 0 Å². The first kappa shape index (κ1) is 5.33.